The minimum Gasteiger partial charge on any atom is -0.311 e. The van der Waals surface area contributed by atoms with Gasteiger partial charge in [0, 0.05) is 24.8 Å². The Bertz CT molecular complexity index is 585. The Kier molecular flexibility index (Phi) is 3.19. The van der Waals surface area contributed by atoms with Crippen molar-refractivity contribution >= 4 is 5.78 Å². The fourth-order valence-electron chi connectivity index (χ4n) is 1.59. The number of hydrogen-bond acceptors (Lipinski definition) is 2. The Morgan fingerprint density at radius 1 is 1.18 bits per heavy atom. The van der Waals surface area contributed by atoms with E-state index >= 15 is 0 Å². The molecule has 3 heteroatoms. The number of rotatable bonds is 3. The van der Waals surface area contributed by atoms with Crippen LogP contribution in [-0.2, 0) is 6.54 Å². The quantitative estimate of drug-likeness (QED) is 0.750. The maximum atomic E-state index is 11.7. The maximum absolute atomic E-state index is 11.7. The third-order valence-electron chi connectivity index (χ3n) is 2.51. The number of pyridine rings is 1. The molecule has 0 bridgehead atoms. The molecule has 1 heterocycles. The summed E-state index contributed by atoms with van der Waals surface area (Å²) < 4.78 is 1.56. The lowest BCUT2D eigenvalue weighted by Gasteiger charge is -2.05. The summed E-state index contributed by atoms with van der Waals surface area (Å²) in [4.78, 5) is 22.7. The Balaban J connectivity index is 2.29. The summed E-state index contributed by atoms with van der Waals surface area (Å²) in [5.74, 6) is -0.339. The molecule has 0 spiro atoms. The van der Waals surface area contributed by atoms with Crippen molar-refractivity contribution in [3.05, 3.63) is 77.1 Å². The van der Waals surface area contributed by atoms with Gasteiger partial charge in [-0.15, -0.1) is 0 Å². The van der Waals surface area contributed by atoms with Gasteiger partial charge in [0.05, 0.1) is 6.54 Å². The van der Waals surface area contributed by atoms with E-state index in [0.717, 1.165) is 5.56 Å². The Morgan fingerprint density at radius 2 is 1.88 bits per heavy atom. The van der Waals surface area contributed by atoms with Gasteiger partial charge in [0.15, 0.2) is 5.78 Å². The third kappa shape index (κ3) is 2.69. The molecule has 17 heavy (non-hydrogen) atoms. The molecule has 1 radical (unpaired) electrons. The van der Waals surface area contributed by atoms with Gasteiger partial charge in [0.2, 0.25) is 0 Å². The van der Waals surface area contributed by atoms with Gasteiger partial charge in [0.25, 0.3) is 5.56 Å². The lowest BCUT2D eigenvalue weighted by Crippen LogP contribution is -2.20. The smallest absolute Gasteiger partial charge is 0.251 e. The highest BCUT2D eigenvalue weighted by Gasteiger charge is 2.02. The molecular formula is C14H12NO2. The van der Waals surface area contributed by atoms with Crippen LogP contribution in [0.4, 0.5) is 0 Å². The van der Waals surface area contributed by atoms with Crippen LogP contribution in [0.5, 0.6) is 0 Å². The van der Waals surface area contributed by atoms with Crippen LogP contribution in [0.1, 0.15) is 15.9 Å². The number of carbonyl (C=O) groups excluding carboxylic acids is 1. The first-order valence-electron chi connectivity index (χ1n) is 5.27. The van der Waals surface area contributed by atoms with Crippen LogP contribution >= 0.6 is 0 Å². The number of nitrogens with zero attached hydrogens (tertiary/aromatic N) is 1. The van der Waals surface area contributed by atoms with Gasteiger partial charge in [-0.2, -0.15) is 0 Å². The molecule has 0 saturated heterocycles. The summed E-state index contributed by atoms with van der Waals surface area (Å²) in [6, 6.07) is 12.6. The molecule has 1 aromatic carbocycles. The molecule has 0 N–H and O–H groups in total. The average molecular weight is 226 g/mol. The van der Waals surface area contributed by atoms with Gasteiger partial charge in [-0.05, 0) is 11.6 Å². The number of benzene rings is 1. The van der Waals surface area contributed by atoms with Crippen molar-refractivity contribution < 1.29 is 4.79 Å². The van der Waals surface area contributed by atoms with E-state index in [2.05, 4.69) is 6.92 Å². The lowest BCUT2D eigenvalue weighted by atomic mass is 10.2. The number of hydrogen-bond donors (Lipinski definition) is 0. The zero-order valence-corrected chi connectivity index (χ0v) is 9.30. The predicted molar refractivity (Wildman–Crippen MR) is 65.9 cm³/mol. The fraction of sp³-hybridized carbons (Fsp3) is 0.0714. The Hall–Kier alpha value is -2.16. The molecule has 0 saturated carbocycles. The molecule has 0 atom stereocenters. The van der Waals surface area contributed by atoms with E-state index < -0.39 is 0 Å². The van der Waals surface area contributed by atoms with Crippen LogP contribution in [-0.4, -0.2) is 10.4 Å². The highest BCUT2D eigenvalue weighted by Crippen LogP contribution is 2.01. The molecule has 0 unspecified atom stereocenters. The Morgan fingerprint density at radius 3 is 2.47 bits per heavy atom. The van der Waals surface area contributed by atoms with E-state index in [1.54, 1.807) is 16.8 Å². The van der Waals surface area contributed by atoms with Gasteiger partial charge >= 0.3 is 0 Å². The van der Waals surface area contributed by atoms with Crippen molar-refractivity contribution in [3.63, 3.8) is 0 Å². The lowest BCUT2D eigenvalue weighted by molar-refractivity contribution is 0.104. The maximum Gasteiger partial charge on any atom is 0.251 e. The fourth-order valence-corrected chi connectivity index (χ4v) is 1.59. The van der Waals surface area contributed by atoms with Crippen LogP contribution < -0.4 is 5.56 Å². The first-order valence-corrected chi connectivity index (χ1v) is 5.27. The summed E-state index contributed by atoms with van der Waals surface area (Å²) in [5, 5.41) is 0. The molecule has 0 aliphatic heterocycles. The number of ketones is 1. The van der Waals surface area contributed by atoms with Gasteiger partial charge in [-0.25, -0.2) is 0 Å². The van der Waals surface area contributed by atoms with Crippen molar-refractivity contribution in [3.8, 4) is 0 Å². The van der Waals surface area contributed by atoms with Gasteiger partial charge in [0.1, 0.15) is 0 Å². The normalized spacial score (nSPS) is 10.2. The molecular weight excluding hydrogens is 214 g/mol. The minimum absolute atomic E-state index is 0.191. The zero-order chi connectivity index (χ0) is 12.3. The van der Waals surface area contributed by atoms with E-state index in [4.69, 9.17) is 0 Å². The van der Waals surface area contributed by atoms with Crippen LogP contribution in [0.2, 0.25) is 0 Å². The van der Waals surface area contributed by atoms with Gasteiger partial charge in [-0.3, -0.25) is 9.59 Å². The second-order valence-electron chi connectivity index (χ2n) is 3.79. The second-order valence-corrected chi connectivity index (χ2v) is 3.79. The highest BCUT2D eigenvalue weighted by atomic mass is 16.1. The second kappa shape index (κ2) is 4.78. The van der Waals surface area contributed by atoms with Crippen molar-refractivity contribution in [2.24, 2.45) is 0 Å². The van der Waals surface area contributed by atoms with Crippen LogP contribution in [0.25, 0.3) is 0 Å². The zero-order valence-electron chi connectivity index (χ0n) is 9.30. The molecule has 0 amide bonds. The summed E-state index contributed by atoms with van der Waals surface area (Å²) in [6.45, 7) is 3.78. The van der Waals surface area contributed by atoms with Crippen molar-refractivity contribution in [1.82, 2.24) is 4.57 Å². The highest BCUT2D eigenvalue weighted by molar-refractivity contribution is 5.99. The average Bonchev–Trinajstić information content (AvgIpc) is 2.33. The SMILES string of the molecule is [CH2]C(=O)c1ccn(Cc2ccccc2)c(=O)c1. The van der Waals surface area contributed by atoms with Gasteiger partial charge < -0.3 is 4.57 Å². The molecule has 2 aromatic rings. The Labute approximate surface area is 99.3 Å². The minimum atomic E-state index is -0.339. The van der Waals surface area contributed by atoms with E-state index in [0.29, 0.717) is 12.1 Å². The standard InChI is InChI=1S/C14H12NO2/c1-11(16)13-7-8-15(14(17)9-13)10-12-5-3-2-4-6-12/h2-9H,1,10H2. The summed E-state index contributed by atoms with van der Waals surface area (Å²) >= 11 is 0. The number of carbonyl (C=O) groups is 1. The molecule has 0 aliphatic carbocycles. The largest absolute Gasteiger partial charge is 0.311 e. The summed E-state index contributed by atoms with van der Waals surface area (Å²) in [7, 11) is 0. The van der Waals surface area contributed by atoms with Gasteiger partial charge in [-0.1, -0.05) is 30.3 Å². The number of Topliss-reactive ketones (excluding diaryl/α,β-unsaturated/α-hetero) is 1. The molecule has 85 valence electrons. The van der Waals surface area contributed by atoms with Crippen molar-refractivity contribution in [2.45, 2.75) is 6.54 Å². The molecule has 3 nitrogen and oxygen atoms in total. The van der Waals surface area contributed by atoms with Crippen LogP contribution in [0, 0.1) is 6.92 Å². The van der Waals surface area contributed by atoms with Crippen molar-refractivity contribution in [2.75, 3.05) is 0 Å². The summed E-state index contributed by atoms with van der Waals surface area (Å²) in [5.41, 5.74) is 1.20. The predicted octanol–water partition coefficient (Wildman–Crippen LogP) is 1.91. The first kappa shape index (κ1) is 11.3. The van der Waals surface area contributed by atoms with E-state index in [1.165, 1.54) is 6.07 Å². The molecule has 1 aromatic heterocycles. The molecule has 0 aliphatic rings. The van der Waals surface area contributed by atoms with E-state index in [9.17, 15) is 9.59 Å². The van der Waals surface area contributed by atoms with Crippen LogP contribution in [0.3, 0.4) is 0 Å². The molecule has 2 rings (SSSR count). The third-order valence-corrected chi connectivity index (χ3v) is 2.51. The summed E-state index contributed by atoms with van der Waals surface area (Å²) in [6.07, 6.45) is 1.62. The van der Waals surface area contributed by atoms with E-state index in [1.807, 2.05) is 30.3 Å². The topological polar surface area (TPSA) is 39.1 Å². The van der Waals surface area contributed by atoms with E-state index in [-0.39, 0.29) is 11.3 Å². The molecule has 0 fully saturated rings. The first-order chi connectivity index (χ1) is 8.16. The number of aromatic nitrogens is 1. The monoisotopic (exact) mass is 226 g/mol. The van der Waals surface area contributed by atoms with Crippen molar-refractivity contribution in [1.29, 1.82) is 0 Å². The van der Waals surface area contributed by atoms with Crippen LogP contribution in [0.15, 0.2) is 53.5 Å².